The van der Waals surface area contributed by atoms with Gasteiger partial charge in [-0.1, -0.05) is 165 Å². The number of hydrogen-bond acceptors (Lipinski definition) is 2. The van der Waals surface area contributed by atoms with Crippen molar-refractivity contribution in [2.45, 2.75) is 10.8 Å². The van der Waals surface area contributed by atoms with Gasteiger partial charge in [-0.05, 0) is 103 Å². The summed E-state index contributed by atoms with van der Waals surface area (Å²) in [5, 5.41) is 1.52. The molecule has 1 aromatic heterocycles. The van der Waals surface area contributed by atoms with E-state index in [-0.39, 0.29) is 0 Å². The lowest BCUT2D eigenvalue weighted by molar-refractivity contribution is 0.416. The molecular weight excluding hydrogens is 975 g/mol. The third kappa shape index (κ3) is 6.33. The van der Waals surface area contributed by atoms with E-state index in [2.05, 4.69) is 13.2 Å². The molecule has 11 aromatic rings. The average molecular weight is 1010 g/mol. The molecule has 0 radical (unpaired) electrons. The minimum Gasteiger partial charge on any atom is -0.454 e. The normalized spacial score (nSPS) is 16.1. The average Bonchev–Trinajstić information content (AvgIpc) is 4.15. The van der Waals surface area contributed by atoms with Crippen LogP contribution in [-0.4, -0.2) is 0 Å². The highest BCUT2D eigenvalue weighted by Crippen LogP contribution is 2.61. The maximum atomic E-state index is 17.0. The largest absolute Gasteiger partial charge is 0.454 e. The summed E-state index contributed by atoms with van der Waals surface area (Å²) in [6, 6.07) is 52.0. The van der Waals surface area contributed by atoms with E-state index in [1.165, 1.54) is 0 Å². The van der Waals surface area contributed by atoms with Crippen LogP contribution in [0.25, 0.3) is 56.3 Å². The maximum Gasteiger partial charge on any atom is 0.194 e. The number of para-hydroxylation sites is 2. The Kier molecular flexibility index (Phi) is 10.5. The van der Waals surface area contributed by atoms with Gasteiger partial charge in [0.1, 0.15) is 17.2 Å². The summed E-state index contributed by atoms with van der Waals surface area (Å²) >= 11 is 0. The smallest absolute Gasteiger partial charge is 0.194 e. The molecule has 0 amide bonds. The first-order chi connectivity index (χ1) is 36.9. The predicted octanol–water partition coefficient (Wildman–Crippen LogP) is 18.2. The zero-order valence-corrected chi connectivity index (χ0v) is 39.8. The van der Waals surface area contributed by atoms with Gasteiger partial charge in [0.2, 0.25) is 0 Å². The number of halogens is 8. The van der Waals surface area contributed by atoms with Crippen LogP contribution in [0.3, 0.4) is 0 Å². The van der Waals surface area contributed by atoms with Crippen LogP contribution in [0, 0.1) is 46.5 Å². The second kappa shape index (κ2) is 17.1. The molecule has 2 unspecified atom stereocenters. The summed E-state index contributed by atoms with van der Waals surface area (Å²) < 4.78 is 137. The first-order valence-corrected chi connectivity index (χ1v) is 24.2. The summed E-state index contributed by atoms with van der Waals surface area (Å²) in [6.07, 6.45) is 3.21. The zero-order valence-electron chi connectivity index (χ0n) is 39.8. The van der Waals surface area contributed by atoms with Gasteiger partial charge in [0, 0.05) is 45.4 Å². The van der Waals surface area contributed by atoms with Crippen molar-refractivity contribution in [3.63, 3.8) is 0 Å². The van der Waals surface area contributed by atoms with Gasteiger partial charge < -0.3 is 9.32 Å². The summed E-state index contributed by atoms with van der Waals surface area (Å²) in [4.78, 5) is 1.84. The van der Waals surface area contributed by atoms with Crippen LogP contribution in [0.4, 0.5) is 52.2 Å². The van der Waals surface area contributed by atoms with E-state index >= 15 is 35.1 Å². The highest BCUT2D eigenvalue weighted by atomic mass is 19.2. The van der Waals surface area contributed by atoms with Gasteiger partial charge in [-0.25, -0.2) is 35.1 Å². The van der Waals surface area contributed by atoms with Gasteiger partial charge in [0.25, 0.3) is 0 Å². The lowest BCUT2D eigenvalue weighted by atomic mass is 9.67. The highest BCUT2D eigenvalue weighted by Gasteiger charge is 2.52. The van der Waals surface area contributed by atoms with Gasteiger partial charge in [-0.2, -0.15) is 0 Å². The summed E-state index contributed by atoms with van der Waals surface area (Å²) in [5.74, 6) is -13.2. The molecule has 0 spiro atoms. The fourth-order valence-corrected chi connectivity index (χ4v) is 12.2. The summed E-state index contributed by atoms with van der Waals surface area (Å²) in [7, 11) is 0. The van der Waals surface area contributed by atoms with Crippen molar-refractivity contribution in [1.82, 2.24) is 0 Å². The maximum absolute atomic E-state index is 17.0. The van der Waals surface area contributed by atoms with Crippen LogP contribution in [-0.2, 0) is 10.8 Å². The highest BCUT2D eigenvalue weighted by molar-refractivity contribution is 6.10. The van der Waals surface area contributed by atoms with Crippen molar-refractivity contribution in [2.24, 2.45) is 0 Å². The number of nitrogens with zero attached hydrogens (tertiary/aromatic N) is 1. The molecule has 10 heteroatoms. The molecule has 1 heterocycles. The van der Waals surface area contributed by atoms with Crippen LogP contribution in [0.2, 0.25) is 0 Å². The number of hydrogen-bond donors (Lipinski definition) is 0. The van der Waals surface area contributed by atoms with Gasteiger partial charge in [0.05, 0.1) is 16.5 Å². The molecule has 2 atom stereocenters. The van der Waals surface area contributed by atoms with Crippen molar-refractivity contribution < 1.29 is 39.5 Å². The predicted molar refractivity (Wildman–Crippen MR) is 283 cm³/mol. The van der Waals surface area contributed by atoms with Crippen molar-refractivity contribution in [1.29, 1.82) is 0 Å². The van der Waals surface area contributed by atoms with Gasteiger partial charge in [-0.3, -0.25) is 0 Å². The first-order valence-electron chi connectivity index (χ1n) is 24.2. The molecule has 0 fully saturated rings. The Balaban J connectivity index is 1.16. The van der Waals surface area contributed by atoms with Crippen molar-refractivity contribution in [3.05, 3.63) is 303 Å². The molecule has 2 aliphatic rings. The standard InChI is InChI=1S/C66H37F8NO/c1-3-36-20-24-38(25-21-36)65(58-52(67)34-54(69)60(71)62(58)73)48-16-8-5-12-42(48)44-30-28-40(32-50(44)65)75(56-18-11-15-47-46-14-7-10-19-57(46)76-64(47)56)41-29-31-45-43-13-6-9-17-49(43)66(51(45)33-41,39-26-22-37(4-2)23-27-39)59-53(68)35-55(70)61(72)63(59)74/h3-35H,1-2H2. The minimum absolute atomic E-state index is 0.305. The molecule has 10 aromatic carbocycles. The van der Waals surface area contributed by atoms with Crippen LogP contribution in [0.5, 0.6) is 0 Å². The quantitative estimate of drug-likeness (QED) is 0.0814. The van der Waals surface area contributed by atoms with E-state index < -0.39 is 68.5 Å². The fraction of sp³-hybridized carbons (Fsp3) is 0.0303. The fourth-order valence-electron chi connectivity index (χ4n) is 12.2. The summed E-state index contributed by atoms with van der Waals surface area (Å²) in [6.45, 7) is 7.76. The van der Waals surface area contributed by atoms with Crippen LogP contribution in [0.15, 0.2) is 206 Å². The molecule has 0 aliphatic heterocycles. The molecule has 0 saturated carbocycles. The Hall–Kier alpha value is -9.28. The van der Waals surface area contributed by atoms with E-state index in [4.69, 9.17) is 4.42 Å². The number of benzene rings is 10. The van der Waals surface area contributed by atoms with E-state index in [0.717, 1.165) is 10.8 Å². The molecule has 2 nitrogen and oxygen atoms in total. The Morgan fingerprint density at radius 3 is 1.30 bits per heavy atom. The van der Waals surface area contributed by atoms with Crippen LogP contribution < -0.4 is 4.90 Å². The Morgan fingerprint density at radius 2 is 0.816 bits per heavy atom. The number of rotatable bonds is 9. The van der Waals surface area contributed by atoms with Gasteiger partial charge in [-0.15, -0.1) is 0 Å². The van der Waals surface area contributed by atoms with E-state index in [9.17, 15) is 0 Å². The molecule has 2 aliphatic carbocycles. The second-order valence-electron chi connectivity index (χ2n) is 19.0. The Morgan fingerprint density at radius 1 is 0.382 bits per heavy atom. The van der Waals surface area contributed by atoms with E-state index in [1.807, 2.05) is 59.5 Å². The molecular formula is C66H37F8NO. The van der Waals surface area contributed by atoms with Crippen molar-refractivity contribution >= 4 is 51.2 Å². The second-order valence-corrected chi connectivity index (χ2v) is 19.0. The SMILES string of the molecule is C=Cc1ccc(C2(c3c(F)cc(F)c(F)c3F)c3ccccc3-c3ccc(N(c4ccc5c(c4)C(c4ccc(C=C)cc4)(c4c(F)cc(F)c(F)c4F)c4ccccc4-5)c4cccc5c4oc4ccccc45)cc32)cc1. The first kappa shape index (κ1) is 46.5. The van der Waals surface area contributed by atoms with E-state index in [1.54, 1.807) is 133 Å². The summed E-state index contributed by atoms with van der Waals surface area (Å²) in [5.41, 5.74) is 2.40. The number of furan rings is 1. The lowest BCUT2D eigenvalue weighted by Crippen LogP contribution is -2.32. The van der Waals surface area contributed by atoms with Gasteiger partial charge in [0.15, 0.2) is 40.5 Å². The van der Waals surface area contributed by atoms with Crippen LogP contribution >= 0.6 is 0 Å². The number of fused-ring (bicyclic) bond motifs is 9. The molecule has 0 saturated heterocycles. The Bertz CT molecular complexity index is 4060. The monoisotopic (exact) mass is 1010 g/mol. The Labute approximate surface area is 430 Å². The zero-order chi connectivity index (χ0) is 52.4. The molecule has 13 rings (SSSR count). The topological polar surface area (TPSA) is 16.4 Å². The molecule has 368 valence electrons. The van der Waals surface area contributed by atoms with Crippen LogP contribution in [0.1, 0.15) is 55.6 Å². The van der Waals surface area contributed by atoms with Gasteiger partial charge >= 0.3 is 0 Å². The third-order valence-corrected chi connectivity index (χ3v) is 15.3. The van der Waals surface area contributed by atoms with Crippen molar-refractivity contribution in [2.75, 3.05) is 4.90 Å². The molecule has 76 heavy (non-hydrogen) atoms. The molecule has 0 bridgehead atoms. The minimum atomic E-state index is -1.96. The number of anilines is 3. The molecule has 0 N–H and O–H groups in total. The van der Waals surface area contributed by atoms with Crippen molar-refractivity contribution in [3.8, 4) is 22.3 Å². The third-order valence-electron chi connectivity index (χ3n) is 15.3. The van der Waals surface area contributed by atoms with E-state index in [0.29, 0.717) is 107 Å². The lowest BCUT2D eigenvalue weighted by Gasteiger charge is -2.36.